The summed E-state index contributed by atoms with van der Waals surface area (Å²) in [5.41, 5.74) is 0. The van der Waals surface area contributed by atoms with Gasteiger partial charge in [-0.2, -0.15) is 0 Å². The van der Waals surface area contributed by atoms with Crippen molar-refractivity contribution in [2.45, 2.75) is 31.8 Å². The van der Waals surface area contributed by atoms with Gasteiger partial charge >= 0.3 is 0 Å². The number of nitrogens with zero attached hydrogens (tertiary/aromatic N) is 1. The second-order valence-corrected chi connectivity index (χ2v) is 6.99. The van der Waals surface area contributed by atoms with E-state index >= 15 is 0 Å². The van der Waals surface area contributed by atoms with E-state index in [4.69, 9.17) is 11.6 Å². The molecule has 1 aromatic heterocycles. The normalized spacial score (nSPS) is 27.0. The molecule has 1 aromatic rings. The highest BCUT2D eigenvalue weighted by Gasteiger charge is 2.32. The fourth-order valence-electron chi connectivity index (χ4n) is 2.64. The second kappa shape index (κ2) is 5.27. The molecule has 2 nitrogen and oxygen atoms in total. The fourth-order valence-corrected chi connectivity index (χ4v) is 3.77. The molecule has 0 bridgehead atoms. The van der Waals surface area contributed by atoms with Crippen LogP contribution < -0.4 is 5.32 Å². The van der Waals surface area contributed by atoms with Crippen molar-refractivity contribution in [3.63, 3.8) is 0 Å². The van der Waals surface area contributed by atoms with Gasteiger partial charge in [0.1, 0.15) is 0 Å². The van der Waals surface area contributed by atoms with Crippen LogP contribution in [0.1, 0.15) is 24.1 Å². The predicted molar refractivity (Wildman–Crippen MR) is 73.7 cm³/mol. The molecule has 4 heteroatoms. The van der Waals surface area contributed by atoms with Crippen LogP contribution >= 0.6 is 22.9 Å². The number of hydrogen-bond acceptors (Lipinski definition) is 3. The van der Waals surface area contributed by atoms with E-state index in [9.17, 15) is 0 Å². The highest BCUT2D eigenvalue weighted by atomic mass is 35.5. The van der Waals surface area contributed by atoms with Crippen LogP contribution in [0.15, 0.2) is 12.1 Å². The first-order chi connectivity index (χ1) is 8.31. The van der Waals surface area contributed by atoms with Gasteiger partial charge in [0.25, 0.3) is 0 Å². The molecule has 1 N–H and O–H groups in total. The number of thiophene rings is 1. The Morgan fingerprint density at radius 1 is 1.41 bits per heavy atom. The molecule has 3 rings (SSSR count). The molecule has 2 fully saturated rings. The monoisotopic (exact) mass is 270 g/mol. The highest BCUT2D eigenvalue weighted by Crippen LogP contribution is 2.34. The molecule has 0 aromatic carbocycles. The molecule has 1 aliphatic carbocycles. The lowest BCUT2D eigenvalue weighted by Crippen LogP contribution is -2.38. The molecule has 1 atom stereocenters. The van der Waals surface area contributed by atoms with Crippen molar-refractivity contribution in [3.8, 4) is 0 Å². The zero-order valence-corrected chi connectivity index (χ0v) is 11.6. The van der Waals surface area contributed by atoms with E-state index in [0.717, 1.165) is 22.8 Å². The molecule has 2 aliphatic rings. The van der Waals surface area contributed by atoms with Crippen molar-refractivity contribution in [3.05, 3.63) is 21.3 Å². The third kappa shape index (κ3) is 3.22. The molecule has 0 spiro atoms. The lowest BCUT2D eigenvalue weighted by Gasteiger charge is -2.23. The number of halogens is 1. The standard InChI is InChI=1S/C13H19ClN2S/c14-13-5-4-11(17-13)8-16-7-1-6-15-12(9-16)10-2-3-10/h4-5,10,12,15H,1-3,6-9H2. The number of rotatable bonds is 3. The third-order valence-electron chi connectivity index (χ3n) is 3.71. The van der Waals surface area contributed by atoms with Gasteiger partial charge < -0.3 is 5.32 Å². The van der Waals surface area contributed by atoms with Crippen LogP contribution in [0.25, 0.3) is 0 Å². The summed E-state index contributed by atoms with van der Waals surface area (Å²) < 4.78 is 0.909. The number of nitrogens with one attached hydrogen (secondary N) is 1. The molecule has 0 radical (unpaired) electrons. The first-order valence-electron chi connectivity index (χ1n) is 6.51. The summed E-state index contributed by atoms with van der Waals surface area (Å²) in [7, 11) is 0. The molecule has 94 valence electrons. The van der Waals surface area contributed by atoms with E-state index < -0.39 is 0 Å². The summed E-state index contributed by atoms with van der Waals surface area (Å²) in [6, 6.07) is 4.90. The summed E-state index contributed by atoms with van der Waals surface area (Å²) in [5.74, 6) is 0.947. The molecular formula is C13H19ClN2S. The smallest absolute Gasteiger partial charge is 0.0931 e. The van der Waals surface area contributed by atoms with E-state index in [1.807, 2.05) is 6.07 Å². The minimum atomic E-state index is 0.730. The summed E-state index contributed by atoms with van der Waals surface area (Å²) in [5, 5.41) is 3.70. The van der Waals surface area contributed by atoms with Crippen LogP contribution in [-0.4, -0.2) is 30.6 Å². The van der Waals surface area contributed by atoms with Crippen LogP contribution in [0.5, 0.6) is 0 Å². The van der Waals surface area contributed by atoms with Gasteiger partial charge in [0.05, 0.1) is 4.34 Å². The van der Waals surface area contributed by atoms with Gasteiger partial charge in [0.2, 0.25) is 0 Å². The topological polar surface area (TPSA) is 15.3 Å². The summed E-state index contributed by atoms with van der Waals surface area (Å²) in [6.07, 6.45) is 4.12. The average Bonchev–Trinajstić information content (AvgIpc) is 3.07. The van der Waals surface area contributed by atoms with Gasteiger partial charge in [0, 0.05) is 24.0 Å². The lowest BCUT2D eigenvalue weighted by molar-refractivity contribution is 0.253. The van der Waals surface area contributed by atoms with Crippen LogP contribution in [0.4, 0.5) is 0 Å². The third-order valence-corrected chi connectivity index (χ3v) is 4.93. The van der Waals surface area contributed by atoms with E-state index in [0.29, 0.717) is 0 Å². The van der Waals surface area contributed by atoms with Crippen molar-refractivity contribution in [2.75, 3.05) is 19.6 Å². The molecule has 0 amide bonds. The fraction of sp³-hybridized carbons (Fsp3) is 0.692. The Morgan fingerprint density at radius 3 is 3.00 bits per heavy atom. The first kappa shape index (κ1) is 12.0. The quantitative estimate of drug-likeness (QED) is 0.909. The van der Waals surface area contributed by atoms with E-state index in [1.165, 1.54) is 43.8 Å². The zero-order chi connectivity index (χ0) is 11.7. The SMILES string of the molecule is Clc1ccc(CN2CCCNC(C3CC3)C2)s1. The average molecular weight is 271 g/mol. The maximum absolute atomic E-state index is 5.99. The summed E-state index contributed by atoms with van der Waals surface area (Å²) >= 11 is 7.70. The van der Waals surface area contributed by atoms with E-state index in [1.54, 1.807) is 11.3 Å². The maximum atomic E-state index is 5.99. The Balaban J connectivity index is 1.60. The Hall–Kier alpha value is -0.0900. The first-order valence-corrected chi connectivity index (χ1v) is 7.70. The van der Waals surface area contributed by atoms with Crippen LogP contribution in [0.2, 0.25) is 4.34 Å². The Bertz CT molecular complexity index is 375. The van der Waals surface area contributed by atoms with Gasteiger partial charge in [-0.3, -0.25) is 4.90 Å². The Kier molecular flexibility index (Phi) is 3.71. The van der Waals surface area contributed by atoms with Gasteiger partial charge in [-0.05, 0) is 50.4 Å². The minimum absolute atomic E-state index is 0.730. The van der Waals surface area contributed by atoms with Crippen molar-refractivity contribution < 1.29 is 0 Å². The van der Waals surface area contributed by atoms with Crippen molar-refractivity contribution in [1.29, 1.82) is 0 Å². The molecule has 1 saturated carbocycles. The van der Waals surface area contributed by atoms with Gasteiger partial charge in [-0.25, -0.2) is 0 Å². The van der Waals surface area contributed by atoms with Gasteiger partial charge in [-0.1, -0.05) is 11.6 Å². The molecule has 1 aliphatic heterocycles. The van der Waals surface area contributed by atoms with Gasteiger partial charge in [0.15, 0.2) is 0 Å². The number of hydrogen-bond donors (Lipinski definition) is 1. The van der Waals surface area contributed by atoms with Crippen molar-refractivity contribution in [1.82, 2.24) is 10.2 Å². The molecule has 1 saturated heterocycles. The van der Waals surface area contributed by atoms with E-state index in [2.05, 4.69) is 16.3 Å². The largest absolute Gasteiger partial charge is 0.312 e. The summed E-state index contributed by atoms with van der Waals surface area (Å²) in [4.78, 5) is 3.98. The van der Waals surface area contributed by atoms with Crippen LogP contribution in [-0.2, 0) is 6.54 Å². The maximum Gasteiger partial charge on any atom is 0.0931 e. The van der Waals surface area contributed by atoms with Crippen molar-refractivity contribution >= 4 is 22.9 Å². The molecular weight excluding hydrogens is 252 g/mol. The van der Waals surface area contributed by atoms with E-state index in [-0.39, 0.29) is 0 Å². The van der Waals surface area contributed by atoms with Crippen LogP contribution in [0, 0.1) is 5.92 Å². The molecule has 17 heavy (non-hydrogen) atoms. The molecule has 2 heterocycles. The predicted octanol–water partition coefficient (Wildman–Crippen LogP) is 2.98. The minimum Gasteiger partial charge on any atom is -0.312 e. The van der Waals surface area contributed by atoms with Crippen LogP contribution in [0.3, 0.4) is 0 Å². The Labute approximate surface area is 112 Å². The Morgan fingerprint density at radius 2 is 2.29 bits per heavy atom. The molecule has 1 unspecified atom stereocenters. The summed E-state index contributed by atoms with van der Waals surface area (Å²) in [6.45, 7) is 4.68. The van der Waals surface area contributed by atoms with Crippen molar-refractivity contribution in [2.24, 2.45) is 5.92 Å². The zero-order valence-electron chi connectivity index (χ0n) is 9.99. The highest BCUT2D eigenvalue weighted by molar-refractivity contribution is 7.16. The lowest BCUT2D eigenvalue weighted by atomic mass is 10.2. The van der Waals surface area contributed by atoms with Gasteiger partial charge in [-0.15, -0.1) is 11.3 Å². The second-order valence-electron chi connectivity index (χ2n) is 5.19.